The zero-order valence-corrected chi connectivity index (χ0v) is 7.64. The highest BCUT2D eigenvalue weighted by molar-refractivity contribution is 6.05. The second kappa shape index (κ2) is 3.25. The Bertz CT molecular complexity index is 213. The lowest BCUT2D eigenvalue weighted by atomic mass is 9.79. The fourth-order valence-electron chi connectivity index (χ4n) is 1.83. The summed E-state index contributed by atoms with van der Waals surface area (Å²) in [6, 6.07) is 0. The van der Waals surface area contributed by atoms with Crippen molar-refractivity contribution in [3.8, 4) is 0 Å². The fourth-order valence-corrected chi connectivity index (χ4v) is 1.83. The lowest BCUT2D eigenvalue weighted by molar-refractivity contribution is -0.129. The van der Waals surface area contributed by atoms with Gasteiger partial charge in [-0.2, -0.15) is 0 Å². The Kier molecular flexibility index (Phi) is 2.50. The topological polar surface area (TPSA) is 46.2 Å². The van der Waals surface area contributed by atoms with Crippen LogP contribution in [0.1, 0.15) is 39.5 Å². The Labute approximate surface area is 72.5 Å². The monoisotopic (exact) mass is 169 g/mol. The molecule has 0 aromatic heterocycles. The molecule has 1 saturated heterocycles. The van der Waals surface area contributed by atoms with E-state index < -0.39 is 0 Å². The number of hydrogen-bond acceptors (Lipinski definition) is 2. The molecule has 0 bridgehead atoms. The summed E-state index contributed by atoms with van der Waals surface area (Å²) < 4.78 is 0. The van der Waals surface area contributed by atoms with Crippen molar-refractivity contribution in [3.05, 3.63) is 0 Å². The molecule has 0 spiro atoms. The van der Waals surface area contributed by atoms with Crippen molar-refractivity contribution >= 4 is 11.8 Å². The Morgan fingerprint density at radius 3 is 2.42 bits per heavy atom. The molecule has 0 aromatic carbocycles. The van der Waals surface area contributed by atoms with Crippen LogP contribution in [0.5, 0.6) is 0 Å². The minimum absolute atomic E-state index is 0.0724. The number of nitrogens with one attached hydrogen (secondary N) is 1. The van der Waals surface area contributed by atoms with Crippen LogP contribution in [0.3, 0.4) is 0 Å². The van der Waals surface area contributed by atoms with Gasteiger partial charge in [0, 0.05) is 6.42 Å². The standard InChI is InChI=1S/C9H15NO2/c1-3-5-9(4-2)6-7(11)10-8(9)12/h3-6H2,1-2H3,(H,10,11,12). The van der Waals surface area contributed by atoms with Crippen molar-refractivity contribution in [3.63, 3.8) is 0 Å². The number of amides is 2. The van der Waals surface area contributed by atoms with Gasteiger partial charge in [0.25, 0.3) is 0 Å². The molecule has 1 aliphatic heterocycles. The van der Waals surface area contributed by atoms with E-state index in [0.717, 1.165) is 19.3 Å². The van der Waals surface area contributed by atoms with E-state index in [1.165, 1.54) is 0 Å². The molecule has 1 unspecified atom stereocenters. The lowest BCUT2D eigenvalue weighted by Crippen LogP contribution is -2.30. The molecule has 0 radical (unpaired) electrons. The maximum Gasteiger partial charge on any atom is 0.233 e. The van der Waals surface area contributed by atoms with Crippen LogP contribution in [0.4, 0.5) is 0 Å². The van der Waals surface area contributed by atoms with Gasteiger partial charge in [-0.05, 0) is 12.8 Å². The Hall–Kier alpha value is -0.860. The number of carbonyl (C=O) groups excluding carboxylic acids is 2. The summed E-state index contributed by atoms with van der Waals surface area (Å²) in [4.78, 5) is 22.4. The van der Waals surface area contributed by atoms with Crippen molar-refractivity contribution in [1.82, 2.24) is 5.32 Å². The van der Waals surface area contributed by atoms with E-state index in [9.17, 15) is 9.59 Å². The molecular formula is C9H15NO2. The maximum atomic E-state index is 11.4. The molecule has 0 saturated carbocycles. The molecule has 2 amide bonds. The maximum absolute atomic E-state index is 11.4. The van der Waals surface area contributed by atoms with Crippen LogP contribution in [0.15, 0.2) is 0 Å². The molecule has 0 aromatic rings. The van der Waals surface area contributed by atoms with Crippen molar-refractivity contribution in [2.24, 2.45) is 5.41 Å². The van der Waals surface area contributed by atoms with Crippen molar-refractivity contribution in [1.29, 1.82) is 0 Å². The van der Waals surface area contributed by atoms with Crippen LogP contribution < -0.4 is 5.32 Å². The van der Waals surface area contributed by atoms with Gasteiger partial charge in [0.2, 0.25) is 11.8 Å². The van der Waals surface area contributed by atoms with Crippen LogP contribution >= 0.6 is 0 Å². The Morgan fingerprint density at radius 1 is 1.42 bits per heavy atom. The SMILES string of the molecule is CCCC1(CC)CC(=O)NC1=O. The third-order valence-electron chi connectivity index (χ3n) is 2.64. The summed E-state index contributed by atoms with van der Waals surface area (Å²) in [5.74, 6) is -0.188. The minimum atomic E-state index is -0.383. The molecule has 3 heteroatoms. The van der Waals surface area contributed by atoms with Gasteiger partial charge in [-0.1, -0.05) is 20.3 Å². The highest BCUT2D eigenvalue weighted by Crippen LogP contribution is 2.35. The number of carbonyl (C=O) groups is 2. The summed E-state index contributed by atoms with van der Waals surface area (Å²) in [5.41, 5.74) is -0.383. The van der Waals surface area contributed by atoms with Crippen LogP contribution in [0.25, 0.3) is 0 Å². The van der Waals surface area contributed by atoms with Crippen molar-refractivity contribution in [2.75, 3.05) is 0 Å². The van der Waals surface area contributed by atoms with E-state index in [1.807, 2.05) is 13.8 Å². The van der Waals surface area contributed by atoms with Crippen LogP contribution in [-0.2, 0) is 9.59 Å². The number of imide groups is 1. The first-order valence-corrected chi connectivity index (χ1v) is 4.49. The minimum Gasteiger partial charge on any atom is -0.296 e. The van der Waals surface area contributed by atoms with Gasteiger partial charge in [0.1, 0.15) is 0 Å². The van der Waals surface area contributed by atoms with Crippen molar-refractivity contribution in [2.45, 2.75) is 39.5 Å². The van der Waals surface area contributed by atoms with Crippen LogP contribution in [-0.4, -0.2) is 11.8 Å². The highest BCUT2D eigenvalue weighted by Gasteiger charge is 2.43. The highest BCUT2D eigenvalue weighted by atomic mass is 16.2. The van der Waals surface area contributed by atoms with Gasteiger partial charge in [-0.3, -0.25) is 14.9 Å². The Balaban J connectivity index is 2.78. The van der Waals surface area contributed by atoms with Gasteiger partial charge < -0.3 is 0 Å². The van der Waals surface area contributed by atoms with E-state index in [-0.39, 0.29) is 17.2 Å². The first-order valence-electron chi connectivity index (χ1n) is 4.49. The van der Waals surface area contributed by atoms with Gasteiger partial charge in [-0.15, -0.1) is 0 Å². The summed E-state index contributed by atoms with van der Waals surface area (Å²) >= 11 is 0. The van der Waals surface area contributed by atoms with E-state index in [0.29, 0.717) is 6.42 Å². The molecule has 1 atom stereocenters. The number of rotatable bonds is 3. The Morgan fingerprint density at radius 2 is 2.08 bits per heavy atom. The summed E-state index contributed by atoms with van der Waals surface area (Å²) in [6.45, 7) is 4.00. The second-order valence-corrected chi connectivity index (χ2v) is 3.44. The average molecular weight is 169 g/mol. The molecule has 1 N–H and O–H groups in total. The molecule has 12 heavy (non-hydrogen) atoms. The molecule has 68 valence electrons. The van der Waals surface area contributed by atoms with Crippen molar-refractivity contribution < 1.29 is 9.59 Å². The predicted octanol–water partition coefficient (Wildman–Crippen LogP) is 1.23. The molecule has 1 aliphatic rings. The van der Waals surface area contributed by atoms with E-state index in [1.54, 1.807) is 0 Å². The zero-order valence-electron chi connectivity index (χ0n) is 7.64. The van der Waals surface area contributed by atoms with E-state index >= 15 is 0 Å². The van der Waals surface area contributed by atoms with E-state index in [4.69, 9.17) is 0 Å². The quantitative estimate of drug-likeness (QED) is 0.646. The largest absolute Gasteiger partial charge is 0.296 e. The average Bonchev–Trinajstić information content (AvgIpc) is 2.28. The third kappa shape index (κ3) is 1.36. The molecule has 1 fully saturated rings. The summed E-state index contributed by atoms with van der Waals surface area (Å²) in [5, 5.41) is 2.37. The van der Waals surface area contributed by atoms with Gasteiger partial charge in [0.05, 0.1) is 5.41 Å². The summed E-state index contributed by atoms with van der Waals surface area (Å²) in [7, 11) is 0. The molecule has 1 heterocycles. The smallest absolute Gasteiger partial charge is 0.233 e. The fraction of sp³-hybridized carbons (Fsp3) is 0.778. The number of hydrogen-bond donors (Lipinski definition) is 1. The molecule has 1 rings (SSSR count). The molecule has 3 nitrogen and oxygen atoms in total. The molecule has 0 aliphatic carbocycles. The van der Waals surface area contributed by atoms with Gasteiger partial charge >= 0.3 is 0 Å². The normalized spacial score (nSPS) is 29.2. The van der Waals surface area contributed by atoms with Crippen LogP contribution in [0, 0.1) is 5.41 Å². The van der Waals surface area contributed by atoms with E-state index in [2.05, 4.69) is 5.32 Å². The van der Waals surface area contributed by atoms with Gasteiger partial charge in [0.15, 0.2) is 0 Å². The third-order valence-corrected chi connectivity index (χ3v) is 2.64. The second-order valence-electron chi connectivity index (χ2n) is 3.44. The van der Waals surface area contributed by atoms with Gasteiger partial charge in [-0.25, -0.2) is 0 Å². The zero-order chi connectivity index (χ0) is 9.19. The predicted molar refractivity (Wildman–Crippen MR) is 45.4 cm³/mol. The first kappa shape index (κ1) is 9.23. The first-order chi connectivity index (χ1) is 5.64. The summed E-state index contributed by atoms with van der Waals surface area (Å²) in [6.07, 6.45) is 2.92. The molecular weight excluding hydrogens is 154 g/mol. The lowest BCUT2D eigenvalue weighted by Gasteiger charge is -2.21. The van der Waals surface area contributed by atoms with Crippen LogP contribution in [0.2, 0.25) is 0 Å².